The lowest BCUT2D eigenvalue weighted by Gasteiger charge is -2.35. The van der Waals surface area contributed by atoms with Crippen molar-refractivity contribution in [3.8, 4) is 0 Å². The lowest BCUT2D eigenvalue weighted by Crippen LogP contribution is -2.48. The molecule has 26 heavy (non-hydrogen) atoms. The summed E-state index contributed by atoms with van der Waals surface area (Å²) in [5.74, 6) is 0.834. The van der Waals surface area contributed by atoms with Gasteiger partial charge in [0.1, 0.15) is 5.82 Å². The molecule has 4 N–H and O–H groups in total. The van der Waals surface area contributed by atoms with Gasteiger partial charge in [0, 0.05) is 51.1 Å². The number of likely N-dealkylation sites (tertiary alicyclic amines) is 1. The van der Waals surface area contributed by atoms with Crippen molar-refractivity contribution < 1.29 is 9.59 Å². The Hall–Kier alpha value is -2.58. The minimum absolute atomic E-state index is 0.0159. The van der Waals surface area contributed by atoms with Gasteiger partial charge in [-0.3, -0.25) is 19.4 Å². The van der Waals surface area contributed by atoms with E-state index in [1.165, 1.54) is 6.07 Å². The Morgan fingerprint density at radius 1 is 1.19 bits per heavy atom. The van der Waals surface area contributed by atoms with E-state index in [1.54, 1.807) is 11.8 Å². The maximum atomic E-state index is 12.5. The van der Waals surface area contributed by atoms with Crippen LogP contribution in [-0.4, -0.2) is 58.9 Å². The number of hydrogen-bond acceptors (Lipinski definition) is 6. The summed E-state index contributed by atoms with van der Waals surface area (Å²) in [4.78, 5) is 45.8. The fourth-order valence-electron chi connectivity index (χ4n) is 3.65. The summed E-state index contributed by atoms with van der Waals surface area (Å²) < 4.78 is 0. The number of rotatable bonds is 3. The van der Waals surface area contributed by atoms with Crippen LogP contribution < -0.4 is 21.5 Å². The second-order valence-corrected chi connectivity index (χ2v) is 7.04. The molecule has 1 aromatic heterocycles. The SMILES string of the molecule is CC(=O)N1CCC(C(=O)NC2CCN(c3cc(=O)[nH]c(N)n3)CC2)CC1. The molecule has 0 radical (unpaired) electrons. The van der Waals surface area contributed by atoms with Crippen molar-refractivity contribution in [1.29, 1.82) is 0 Å². The number of nitrogens with two attached hydrogens (primary N) is 1. The molecule has 0 unspecified atom stereocenters. The largest absolute Gasteiger partial charge is 0.369 e. The maximum Gasteiger partial charge on any atom is 0.254 e. The Balaban J connectivity index is 1.47. The Kier molecular flexibility index (Phi) is 5.43. The van der Waals surface area contributed by atoms with Crippen molar-refractivity contribution >= 4 is 23.6 Å². The third kappa shape index (κ3) is 4.33. The first-order valence-corrected chi connectivity index (χ1v) is 9.10. The van der Waals surface area contributed by atoms with Crippen LogP contribution in [0.15, 0.2) is 10.9 Å². The van der Waals surface area contributed by atoms with Gasteiger partial charge in [-0.05, 0) is 25.7 Å². The molecule has 2 aliphatic heterocycles. The van der Waals surface area contributed by atoms with E-state index in [0.29, 0.717) is 32.0 Å². The highest BCUT2D eigenvalue weighted by atomic mass is 16.2. The first-order chi connectivity index (χ1) is 12.4. The Labute approximate surface area is 151 Å². The highest BCUT2D eigenvalue weighted by Crippen LogP contribution is 2.20. The van der Waals surface area contributed by atoms with E-state index in [9.17, 15) is 14.4 Å². The molecule has 142 valence electrons. The van der Waals surface area contributed by atoms with Gasteiger partial charge >= 0.3 is 0 Å². The normalized spacial score (nSPS) is 19.4. The number of nitrogen functional groups attached to an aromatic ring is 1. The first-order valence-electron chi connectivity index (χ1n) is 9.10. The topological polar surface area (TPSA) is 124 Å². The first kappa shape index (κ1) is 18.2. The average Bonchev–Trinajstić information content (AvgIpc) is 2.61. The fourth-order valence-corrected chi connectivity index (χ4v) is 3.65. The Morgan fingerprint density at radius 2 is 1.85 bits per heavy atom. The van der Waals surface area contributed by atoms with Crippen molar-refractivity contribution in [2.45, 2.75) is 38.6 Å². The van der Waals surface area contributed by atoms with Crippen molar-refractivity contribution in [2.75, 3.05) is 36.8 Å². The second kappa shape index (κ2) is 7.76. The molecule has 3 rings (SSSR count). The second-order valence-electron chi connectivity index (χ2n) is 7.04. The van der Waals surface area contributed by atoms with Gasteiger partial charge in [0.15, 0.2) is 0 Å². The van der Waals surface area contributed by atoms with E-state index >= 15 is 0 Å². The minimum Gasteiger partial charge on any atom is -0.369 e. The van der Waals surface area contributed by atoms with Gasteiger partial charge in [-0.1, -0.05) is 0 Å². The molecule has 2 fully saturated rings. The van der Waals surface area contributed by atoms with E-state index < -0.39 is 0 Å². The monoisotopic (exact) mass is 362 g/mol. The Morgan fingerprint density at radius 3 is 2.42 bits per heavy atom. The number of aromatic amines is 1. The number of piperidine rings is 2. The van der Waals surface area contributed by atoms with Gasteiger partial charge < -0.3 is 20.9 Å². The molecular weight excluding hydrogens is 336 g/mol. The molecule has 1 aromatic rings. The minimum atomic E-state index is -0.264. The summed E-state index contributed by atoms with van der Waals surface area (Å²) in [7, 11) is 0. The van der Waals surface area contributed by atoms with Crippen LogP contribution in [0.25, 0.3) is 0 Å². The molecule has 0 aromatic carbocycles. The van der Waals surface area contributed by atoms with Crippen LogP contribution in [0.3, 0.4) is 0 Å². The van der Waals surface area contributed by atoms with Crippen molar-refractivity contribution in [3.63, 3.8) is 0 Å². The molecule has 2 aliphatic rings. The van der Waals surface area contributed by atoms with Crippen LogP contribution >= 0.6 is 0 Å². The van der Waals surface area contributed by atoms with E-state index in [1.807, 2.05) is 4.90 Å². The highest BCUT2D eigenvalue weighted by Gasteiger charge is 2.28. The summed E-state index contributed by atoms with van der Waals surface area (Å²) >= 11 is 0. The van der Waals surface area contributed by atoms with E-state index in [0.717, 1.165) is 25.7 Å². The number of carbonyl (C=O) groups is 2. The molecule has 0 aliphatic carbocycles. The van der Waals surface area contributed by atoms with Gasteiger partial charge in [0.2, 0.25) is 17.8 Å². The lowest BCUT2D eigenvalue weighted by atomic mass is 9.94. The van der Waals surface area contributed by atoms with E-state index in [2.05, 4.69) is 15.3 Å². The highest BCUT2D eigenvalue weighted by molar-refractivity contribution is 5.79. The average molecular weight is 362 g/mol. The number of nitrogens with zero attached hydrogens (tertiary/aromatic N) is 3. The molecule has 0 saturated carbocycles. The van der Waals surface area contributed by atoms with Crippen LogP contribution in [0.5, 0.6) is 0 Å². The zero-order valence-corrected chi connectivity index (χ0v) is 15.0. The van der Waals surface area contributed by atoms with Crippen LogP contribution in [0, 0.1) is 5.92 Å². The fraction of sp³-hybridized carbons (Fsp3) is 0.647. The van der Waals surface area contributed by atoms with Gasteiger partial charge in [-0.2, -0.15) is 4.98 Å². The van der Waals surface area contributed by atoms with Gasteiger partial charge in [-0.25, -0.2) is 0 Å². The predicted molar refractivity (Wildman–Crippen MR) is 97.6 cm³/mol. The van der Waals surface area contributed by atoms with Gasteiger partial charge in [0.05, 0.1) is 0 Å². The number of carbonyl (C=O) groups excluding carboxylic acids is 2. The Bertz CT molecular complexity index is 717. The molecule has 9 nitrogen and oxygen atoms in total. The van der Waals surface area contributed by atoms with E-state index in [4.69, 9.17) is 5.73 Å². The molecular formula is C17H26N6O3. The molecule has 0 spiro atoms. The quantitative estimate of drug-likeness (QED) is 0.678. The third-order valence-electron chi connectivity index (χ3n) is 5.22. The number of H-pyrrole nitrogens is 1. The molecule has 0 bridgehead atoms. The summed E-state index contributed by atoms with van der Waals surface area (Å²) in [6.45, 7) is 4.30. The smallest absolute Gasteiger partial charge is 0.254 e. The number of aromatic nitrogens is 2. The van der Waals surface area contributed by atoms with Crippen LogP contribution in [-0.2, 0) is 9.59 Å². The zero-order valence-electron chi connectivity index (χ0n) is 15.0. The summed E-state index contributed by atoms with van der Waals surface area (Å²) in [5, 5.41) is 3.15. The summed E-state index contributed by atoms with van der Waals surface area (Å²) in [5.41, 5.74) is 5.33. The lowest BCUT2D eigenvalue weighted by molar-refractivity contribution is -0.134. The molecule has 0 atom stereocenters. The van der Waals surface area contributed by atoms with Crippen LogP contribution in [0.2, 0.25) is 0 Å². The van der Waals surface area contributed by atoms with Crippen molar-refractivity contribution in [1.82, 2.24) is 20.2 Å². The standard InChI is InChI=1S/C17H26N6O3/c1-11(24)22-6-2-12(3-7-22)16(26)19-13-4-8-23(9-5-13)14-10-15(25)21-17(18)20-14/h10,12-13H,2-9H2,1H3,(H,19,26)(H3,18,20,21,25). The molecule has 2 amide bonds. The van der Waals surface area contributed by atoms with Crippen molar-refractivity contribution in [2.24, 2.45) is 5.92 Å². The molecule has 2 saturated heterocycles. The van der Waals surface area contributed by atoms with Gasteiger partial charge in [-0.15, -0.1) is 0 Å². The zero-order chi connectivity index (χ0) is 18.7. The number of amides is 2. The number of nitrogens with one attached hydrogen (secondary N) is 2. The molecule has 9 heteroatoms. The van der Waals surface area contributed by atoms with Crippen molar-refractivity contribution in [3.05, 3.63) is 16.4 Å². The maximum absolute atomic E-state index is 12.5. The van der Waals surface area contributed by atoms with E-state index in [-0.39, 0.29) is 35.3 Å². The summed E-state index contributed by atoms with van der Waals surface area (Å²) in [6.07, 6.45) is 3.04. The summed E-state index contributed by atoms with van der Waals surface area (Å²) in [6, 6.07) is 1.57. The predicted octanol–water partition coefficient (Wildman–Crippen LogP) is -0.304. The number of anilines is 2. The van der Waals surface area contributed by atoms with Crippen LogP contribution in [0.4, 0.5) is 11.8 Å². The third-order valence-corrected chi connectivity index (χ3v) is 5.22. The van der Waals surface area contributed by atoms with Crippen LogP contribution in [0.1, 0.15) is 32.6 Å². The van der Waals surface area contributed by atoms with Gasteiger partial charge in [0.25, 0.3) is 5.56 Å². The molecule has 3 heterocycles. The number of hydrogen-bond donors (Lipinski definition) is 3.